The van der Waals surface area contributed by atoms with Crippen molar-refractivity contribution >= 4 is 0 Å². The van der Waals surface area contributed by atoms with Gasteiger partial charge in [0.25, 0.3) is 0 Å². The number of hydrogen-bond acceptors (Lipinski definition) is 1. The Hall–Kier alpha value is -0.820. The first-order chi connectivity index (χ1) is 8.34. The number of rotatable bonds is 9. The van der Waals surface area contributed by atoms with E-state index in [-0.39, 0.29) is 0 Å². The summed E-state index contributed by atoms with van der Waals surface area (Å²) >= 11 is 0. The van der Waals surface area contributed by atoms with Gasteiger partial charge in [-0.25, -0.2) is 0 Å². The average molecular weight is 233 g/mol. The maximum atomic E-state index is 3.59. The highest BCUT2D eigenvalue weighted by Gasteiger charge is 2.02. The zero-order valence-electron chi connectivity index (χ0n) is 11.4. The van der Waals surface area contributed by atoms with Gasteiger partial charge >= 0.3 is 0 Å². The largest absolute Gasteiger partial charge is 0.310 e. The van der Waals surface area contributed by atoms with Gasteiger partial charge in [0.15, 0.2) is 0 Å². The fourth-order valence-electron chi connectivity index (χ4n) is 2.08. The smallest absolute Gasteiger partial charge is 0.0291 e. The van der Waals surface area contributed by atoms with Crippen LogP contribution >= 0.6 is 0 Å². The van der Waals surface area contributed by atoms with E-state index in [0.717, 1.165) is 6.54 Å². The molecule has 1 unspecified atom stereocenters. The molecule has 0 aliphatic heterocycles. The Morgan fingerprint density at radius 2 is 1.59 bits per heavy atom. The van der Waals surface area contributed by atoms with Gasteiger partial charge in [0, 0.05) is 6.04 Å². The zero-order chi connectivity index (χ0) is 12.3. The summed E-state index contributed by atoms with van der Waals surface area (Å²) in [6.07, 6.45) is 8.21. The van der Waals surface area contributed by atoms with Crippen LogP contribution in [0.4, 0.5) is 0 Å². The zero-order valence-corrected chi connectivity index (χ0v) is 11.4. The molecule has 0 radical (unpaired) electrons. The minimum absolute atomic E-state index is 0.479. The van der Waals surface area contributed by atoms with E-state index in [9.17, 15) is 0 Å². The molecule has 1 nitrogen and oxygen atoms in total. The Bertz CT molecular complexity index is 268. The lowest BCUT2D eigenvalue weighted by molar-refractivity contribution is 0.527. The van der Waals surface area contributed by atoms with E-state index in [1.165, 1.54) is 44.1 Å². The molecular formula is C16H27N. The van der Waals surface area contributed by atoms with Gasteiger partial charge in [0.1, 0.15) is 0 Å². The fourth-order valence-corrected chi connectivity index (χ4v) is 2.08. The normalized spacial score (nSPS) is 12.6. The van der Waals surface area contributed by atoms with Crippen LogP contribution in [-0.2, 0) is 0 Å². The van der Waals surface area contributed by atoms with Crippen molar-refractivity contribution in [3.63, 3.8) is 0 Å². The predicted molar refractivity (Wildman–Crippen MR) is 76.2 cm³/mol. The lowest BCUT2D eigenvalue weighted by atomic mass is 10.1. The van der Waals surface area contributed by atoms with Crippen LogP contribution in [0.1, 0.15) is 64.0 Å². The number of hydrogen-bond donors (Lipinski definition) is 1. The maximum Gasteiger partial charge on any atom is 0.0291 e. The number of unbranched alkanes of at least 4 members (excludes halogenated alkanes) is 5. The number of nitrogens with one attached hydrogen (secondary N) is 1. The first-order valence-electron chi connectivity index (χ1n) is 7.13. The Kier molecular flexibility index (Phi) is 7.74. The van der Waals surface area contributed by atoms with Gasteiger partial charge in [-0.1, -0.05) is 69.4 Å². The molecule has 0 fully saturated rings. The van der Waals surface area contributed by atoms with Crippen molar-refractivity contribution in [3.8, 4) is 0 Å². The van der Waals surface area contributed by atoms with Crippen LogP contribution in [0.3, 0.4) is 0 Å². The lowest BCUT2D eigenvalue weighted by Crippen LogP contribution is -2.19. The fraction of sp³-hybridized carbons (Fsp3) is 0.625. The summed E-state index contributed by atoms with van der Waals surface area (Å²) in [5.41, 5.74) is 1.39. The van der Waals surface area contributed by atoms with Crippen molar-refractivity contribution in [2.45, 2.75) is 58.4 Å². The second kappa shape index (κ2) is 9.23. The van der Waals surface area contributed by atoms with Crippen molar-refractivity contribution in [1.29, 1.82) is 0 Å². The monoisotopic (exact) mass is 233 g/mol. The molecule has 0 saturated carbocycles. The molecule has 0 aliphatic rings. The standard InChI is InChI=1S/C16H27N/c1-3-4-5-6-7-11-14-17-15(2)16-12-9-8-10-13-16/h8-10,12-13,15,17H,3-7,11,14H2,1-2H3. The molecule has 1 heteroatoms. The van der Waals surface area contributed by atoms with Crippen molar-refractivity contribution in [2.24, 2.45) is 0 Å². The third kappa shape index (κ3) is 6.48. The van der Waals surface area contributed by atoms with E-state index in [1.54, 1.807) is 0 Å². The summed E-state index contributed by atoms with van der Waals surface area (Å²) in [5, 5.41) is 3.59. The minimum Gasteiger partial charge on any atom is -0.310 e. The van der Waals surface area contributed by atoms with Gasteiger partial charge in [-0.05, 0) is 25.5 Å². The summed E-state index contributed by atoms with van der Waals surface area (Å²) in [4.78, 5) is 0. The molecule has 1 N–H and O–H groups in total. The van der Waals surface area contributed by atoms with E-state index < -0.39 is 0 Å². The Morgan fingerprint density at radius 1 is 0.941 bits per heavy atom. The van der Waals surface area contributed by atoms with Gasteiger partial charge in [-0.15, -0.1) is 0 Å². The molecule has 0 saturated heterocycles. The molecule has 96 valence electrons. The van der Waals surface area contributed by atoms with Crippen LogP contribution in [0.2, 0.25) is 0 Å². The highest BCUT2D eigenvalue weighted by atomic mass is 14.9. The summed E-state index contributed by atoms with van der Waals surface area (Å²) in [7, 11) is 0. The molecule has 0 bridgehead atoms. The van der Waals surface area contributed by atoms with Crippen molar-refractivity contribution in [2.75, 3.05) is 6.54 Å². The molecule has 0 heterocycles. The Labute approximate surface area is 107 Å². The highest BCUT2D eigenvalue weighted by Crippen LogP contribution is 2.11. The van der Waals surface area contributed by atoms with Crippen molar-refractivity contribution in [3.05, 3.63) is 35.9 Å². The summed E-state index contributed by atoms with van der Waals surface area (Å²) < 4.78 is 0. The minimum atomic E-state index is 0.479. The van der Waals surface area contributed by atoms with Crippen molar-refractivity contribution in [1.82, 2.24) is 5.32 Å². The third-order valence-electron chi connectivity index (χ3n) is 3.28. The molecule has 1 aromatic rings. The molecule has 0 spiro atoms. The Balaban J connectivity index is 2.03. The first kappa shape index (κ1) is 14.2. The van der Waals surface area contributed by atoms with E-state index in [0.29, 0.717) is 6.04 Å². The van der Waals surface area contributed by atoms with Gasteiger partial charge in [-0.3, -0.25) is 0 Å². The lowest BCUT2D eigenvalue weighted by Gasteiger charge is -2.13. The van der Waals surface area contributed by atoms with Gasteiger partial charge in [0.2, 0.25) is 0 Å². The van der Waals surface area contributed by atoms with Crippen LogP contribution in [-0.4, -0.2) is 6.54 Å². The molecule has 0 amide bonds. The van der Waals surface area contributed by atoms with Gasteiger partial charge < -0.3 is 5.32 Å². The molecule has 0 aromatic heterocycles. The highest BCUT2D eigenvalue weighted by molar-refractivity contribution is 5.17. The van der Waals surface area contributed by atoms with Crippen LogP contribution in [0.15, 0.2) is 30.3 Å². The van der Waals surface area contributed by atoms with Crippen LogP contribution in [0, 0.1) is 0 Å². The molecule has 1 aromatic carbocycles. The second-order valence-electron chi connectivity index (χ2n) is 4.85. The maximum absolute atomic E-state index is 3.59. The van der Waals surface area contributed by atoms with E-state index >= 15 is 0 Å². The van der Waals surface area contributed by atoms with Gasteiger partial charge in [0.05, 0.1) is 0 Å². The van der Waals surface area contributed by atoms with Crippen molar-refractivity contribution < 1.29 is 0 Å². The topological polar surface area (TPSA) is 12.0 Å². The summed E-state index contributed by atoms with van der Waals surface area (Å²) in [6.45, 7) is 5.65. The van der Waals surface area contributed by atoms with Crippen LogP contribution in [0.25, 0.3) is 0 Å². The SMILES string of the molecule is CCCCCCCCNC(C)c1ccccc1. The molecular weight excluding hydrogens is 206 g/mol. The molecule has 0 aliphatic carbocycles. The third-order valence-corrected chi connectivity index (χ3v) is 3.28. The van der Waals surface area contributed by atoms with Gasteiger partial charge in [-0.2, -0.15) is 0 Å². The van der Waals surface area contributed by atoms with E-state index in [2.05, 4.69) is 49.5 Å². The van der Waals surface area contributed by atoms with E-state index in [1.807, 2.05) is 0 Å². The van der Waals surface area contributed by atoms with E-state index in [4.69, 9.17) is 0 Å². The van der Waals surface area contributed by atoms with Crippen LogP contribution in [0.5, 0.6) is 0 Å². The van der Waals surface area contributed by atoms with Crippen LogP contribution < -0.4 is 5.32 Å². The molecule has 1 rings (SSSR count). The second-order valence-corrected chi connectivity index (χ2v) is 4.85. The number of benzene rings is 1. The quantitative estimate of drug-likeness (QED) is 0.610. The molecule has 17 heavy (non-hydrogen) atoms. The average Bonchev–Trinajstić information content (AvgIpc) is 2.38. The Morgan fingerprint density at radius 3 is 2.29 bits per heavy atom. The summed E-state index contributed by atoms with van der Waals surface area (Å²) in [5.74, 6) is 0. The predicted octanol–water partition coefficient (Wildman–Crippen LogP) is 4.70. The molecule has 1 atom stereocenters. The first-order valence-corrected chi connectivity index (χ1v) is 7.13. The summed E-state index contributed by atoms with van der Waals surface area (Å²) in [6, 6.07) is 11.2.